The highest BCUT2D eigenvalue weighted by Gasteiger charge is 2.07. The summed E-state index contributed by atoms with van der Waals surface area (Å²) in [6.07, 6.45) is 3.65. The monoisotopic (exact) mass is 260 g/mol. The Hall–Kier alpha value is -1.99. The average Bonchev–Trinajstić information content (AvgIpc) is 2.82. The molecule has 0 aliphatic rings. The van der Waals surface area contributed by atoms with Crippen LogP contribution in [0.3, 0.4) is 0 Å². The van der Waals surface area contributed by atoms with E-state index in [1.165, 1.54) is 0 Å². The van der Waals surface area contributed by atoms with Crippen molar-refractivity contribution in [3.05, 3.63) is 47.2 Å². The molecule has 18 heavy (non-hydrogen) atoms. The largest absolute Gasteiger partial charge is 0.380 e. The minimum atomic E-state index is 0.149. The molecule has 0 aliphatic heterocycles. The highest BCUT2D eigenvalue weighted by atomic mass is 35.5. The summed E-state index contributed by atoms with van der Waals surface area (Å²) >= 11 is 5.93. The van der Waals surface area contributed by atoms with Crippen molar-refractivity contribution < 1.29 is 0 Å². The summed E-state index contributed by atoms with van der Waals surface area (Å²) in [5.74, 6) is 0. The van der Waals surface area contributed by atoms with E-state index in [9.17, 15) is 0 Å². The Balaban J connectivity index is 2.09. The maximum atomic E-state index is 9.03. The van der Waals surface area contributed by atoms with Gasteiger partial charge in [-0.3, -0.25) is 4.68 Å². The second kappa shape index (κ2) is 5.56. The minimum absolute atomic E-state index is 0.149. The second-order valence-corrected chi connectivity index (χ2v) is 4.51. The number of hydrogen-bond acceptors (Lipinski definition) is 3. The molecule has 1 heterocycles. The Kier molecular flexibility index (Phi) is 3.85. The topological polar surface area (TPSA) is 53.6 Å². The van der Waals surface area contributed by atoms with E-state index in [1.54, 1.807) is 24.4 Å². The number of rotatable bonds is 4. The molecular formula is C13H13ClN4. The summed E-state index contributed by atoms with van der Waals surface area (Å²) in [5.41, 5.74) is 1.34. The fraction of sp³-hybridized carbons (Fsp3) is 0.231. The summed E-state index contributed by atoms with van der Waals surface area (Å²) in [4.78, 5) is 0. The fourth-order valence-electron chi connectivity index (χ4n) is 1.73. The third-order valence-electron chi connectivity index (χ3n) is 2.52. The molecule has 0 amide bonds. The number of hydrogen-bond donors (Lipinski definition) is 1. The summed E-state index contributed by atoms with van der Waals surface area (Å²) < 4.78 is 1.84. The smallest absolute Gasteiger partial charge is 0.101 e. The van der Waals surface area contributed by atoms with E-state index in [4.69, 9.17) is 16.9 Å². The van der Waals surface area contributed by atoms with Crippen LogP contribution in [0.1, 0.15) is 12.5 Å². The first kappa shape index (κ1) is 12.5. The number of aromatic nitrogens is 2. The van der Waals surface area contributed by atoms with Gasteiger partial charge in [0.15, 0.2) is 0 Å². The Morgan fingerprint density at radius 3 is 3.06 bits per heavy atom. The van der Waals surface area contributed by atoms with Crippen molar-refractivity contribution in [2.24, 2.45) is 0 Å². The zero-order valence-electron chi connectivity index (χ0n) is 9.97. The van der Waals surface area contributed by atoms with Gasteiger partial charge in [-0.25, -0.2) is 0 Å². The third kappa shape index (κ3) is 3.02. The molecule has 0 spiro atoms. The van der Waals surface area contributed by atoms with Crippen molar-refractivity contribution in [2.45, 2.75) is 19.5 Å². The Morgan fingerprint density at radius 2 is 2.39 bits per heavy atom. The minimum Gasteiger partial charge on any atom is -0.380 e. The number of nitriles is 1. The Labute approximate surface area is 111 Å². The van der Waals surface area contributed by atoms with E-state index in [0.717, 1.165) is 12.2 Å². The van der Waals surface area contributed by atoms with Crippen LogP contribution in [0.2, 0.25) is 5.02 Å². The van der Waals surface area contributed by atoms with Crippen LogP contribution in [0.25, 0.3) is 0 Å². The van der Waals surface area contributed by atoms with Crippen molar-refractivity contribution in [1.82, 2.24) is 9.78 Å². The van der Waals surface area contributed by atoms with Gasteiger partial charge in [-0.15, -0.1) is 0 Å². The lowest BCUT2D eigenvalue weighted by Gasteiger charge is -2.16. The number of halogens is 1. The van der Waals surface area contributed by atoms with E-state index < -0.39 is 0 Å². The van der Waals surface area contributed by atoms with Crippen molar-refractivity contribution >= 4 is 17.3 Å². The van der Waals surface area contributed by atoms with Crippen molar-refractivity contribution in [3.63, 3.8) is 0 Å². The standard InChI is InChI=1S/C13H13ClN4/c1-10(9-18-6-2-5-16-18)17-13-7-12(14)4-3-11(13)8-15/h2-7,10,17H,9H2,1H3. The van der Waals surface area contributed by atoms with Gasteiger partial charge in [0.1, 0.15) is 6.07 Å². The molecule has 2 aromatic rings. The maximum Gasteiger partial charge on any atom is 0.101 e. The molecule has 0 radical (unpaired) electrons. The van der Waals surface area contributed by atoms with Gasteiger partial charge in [0.05, 0.1) is 17.8 Å². The molecule has 1 N–H and O–H groups in total. The first-order valence-electron chi connectivity index (χ1n) is 5.62. The van der Waals surface area contributed by atoms with Gasteiger partial charge in [0, 0.05) is 23.5 Å². The number of anilines is 1. The molecule has 1 unspecified atom stereocenters. The van der Waals surface area contributed by atoms with Crippen LogP contribution < -0.4 is 5.32 Å². The van der Waals surface area contributed by atoms with Gasteiger partial charge in [0.2, 0.25) is 0 Å². The van der Waals surface area contributed by atoms with E-state index in [2.05, 4.69) is 16.5 Å². The average molecular weight is 261 g/mol. The van der Waals surface area contributed by atoms with Gasteiger partial charge >= 0.3 is 0 Å². The SMILES string of the molecule is CC(Cn1cccn1)Nc1cc(Cl)ccc1C#N. The van der Waals surface area contributed by atoms with Crippen molar-refractivity contribution in [3.8, 4) is 6.07 Å². The van der Waals surface area contributed by atoms with Crippen LogP contribution in [0.15, 0.2) is 36.7 Å². The molecule has 92 valence electrons. The van der Waals surface area contributed by atoms with Crippen LogP contribution in [0.5, 0.6) is 0 Å². The zero-order valence-corrected chi connectivity index (χ0v) is 10.7. The normalized spacial score (nSPS) is 11.8. The van der Waals surface area contributed by atoms with Crippen molar-refractivity contribution in [1.29, 1.82) is 5.26 Å². The van der Waals surface area contributed by atoms with Gasteiger partial charge in [-0.2, -0.15) is 10.4 Å². The van der Waals surface area contributed by atoms with Crippen molar-refractivity contribution in [2.75, 3.05) is 5.32 Å². The molecule has 0 saturated carbocycles. The summed E-state index contributed by atoms with van der Waals surface area (Å²) in [6.45, 7) is 2.76. The number of nitrogens with zero attached hydrogens (tertiary/aromatic N) is 3. The molecule has 1 aromatic carbocycles. The van der Waals surface area contributed by atoms with Crippen LogP contribution >= 0.6 is 11.6 Å². The Bertz CT molecular complexity index is 557. The molecule has 1 atom stereocenters. The maximum absolute atomic E-state index is 9.03. The van der Waals surface area contributed by atoms with E-state index in [0.29, 0.717) is 10.6 Å². The Morgan fingerprint density at radius 1 is 1.56 bits per heavy atom. The lowest BCUT2D eigenvalue weighted by atomic mass is 10.2. The van der Waals surface area contributed by atoms with Crippen LogP contribution in [0, 0.1) is 11.3 Å². The highest BCUT2D eigenvalue weighted by Crippen LogP contribution is 2.21. The summed E-state index contributed by atoms with van der Waals surface area (Å²) in [5, 5.41) is 17.1. The molecule has 0 saturated heterocycles. The molecule has 1 aromatic heterocycles. The zero-order chi connectivity index (χ0) is 13.0. The van der Waals surface area contributed by atoms with Gasteiger partial charge < -0.3 is 5.32 Å². The molecule has 2 rings (SSSR count). The third-order valence-corrected chi connectivity index (χ3v) is 2.76. The molecule has 0 bridgehead atoms. The summed E-state index contributed by atoms with van der Waals surface area (Å²) in [7, 11) is 0. The predicted octanol–water partition coefficient (Wildman–Crippen LogP) is 2.91. The second-order valence-electron chi connectivity index (χ2n) is 4.08. The van der Waals surface area contributed by atoms with Gasteiger partial charge in [0.25, 0.3) is 0 Å². The van der Waals surface area contributed by atoms with Crippen LogP contribution in [-0.4, -0.2) is 15.8 Å². The first-order valence-corrected chi connectivity index (χ1v) is 6.00. The lowest BCUT2D eigenvalue weighted by molar-refractivity contribution is 0.561. The fourth-order valence-corrected chi connectivity index (χ4v) is 1.91. The quantitative estimate of drug-likeness (QED) is 0.920. The van der Waals surface area contributed by atoms with E-state index >= 15 is 0 Å². The van der Waals surface area contributed by atoms with E-state index in [-0.39, 0.29) is 6.04 Å². The highest BCUT2D eigenvalue weighted by molar-refractivity contribution is 6.30. The summed E-state index contributed by atoms with van der Waals surface area (Å²) in [6, 6.07) is 9.36. The van der Waals surface area contributed by atoms with Gasteiger partial charge in [-0.1, -0.05) is 11.6 Å². The molecule has 0 aliphatic carbocycles. The molecule has 4 nitrogen and oxygen atoms in total. The lowest BCUT2D eigenvalue weighted by Crippen LogP contribution is -2.22. The molecule has 0 fully saturated rings. The number of nitrogens with one attached hydrogen (secondary N) is 1. The predicted molar refractivity (Wildman–Crippen MR) is 71.5 cm³/mol. The van der Waals surface area contributed by atoms with Crippen LogP contribution in [-0.2, 0) is 6.54 Å². The first-order chi connectivity index (χ1) is 8.69. The van der Waals surface area contributed by atoms with Gasteiger partial charge in [-0.05, 0) is 31.2 Å². The van der Waals surface area contributed by atoms with E-state index in [1.807, 2.05) is 23.9 Å². The molecule has 5 heteroatoms. The number of benzene rings is 1. The molecular weight excluding hydrogens is 248 g/mol. The van der Waals surface area contributed by atoms with Crippen LogP contribution in [0.4, 0.5) is 5.69 Å².